The molecule has 3 nitrogen and oxygen atoms in total. The van der Waals surface area contributed by atoms with Gasteiger partial charge in [-0.05, 0) is 54.5 Å². The van der Waals surface area contributed by atoms with Gasteiger partial charge in [-0.15, -0.1) is 11.8 Å². The fraction of sp³-hybridized carbons (Fsp3) is 0.421. The van der Waals surface area contributed by atoms with E-state index in [1.165, 1.54) is 28.9 Å². The second kappa shape index (κ2) is 8.48. The summed E-state index contributed by atoms with van der Waals surface area (Å²) in [6.45, 7) is 3.80. The summed E-state index contributed by atoms with van der Waals surface area (Å²) in [6, 6.07) is 13.0. The van der Waals surface area contributed by atoms with E-state index in [1.54, 1.807) is 11.8 Å². The van der Waals surface area contributed by atoms with Crippen LogP contribution in [0, 0.1) is 0 Å². The average Bonchev–Trinajstić information content (AvgIpc) is 3.09. The Morgan fingerprint density at radius 3 is 2.74 bits per heavy atom. The van der Waals surface area contributed by atoms with Crippen molar-refractivity contribution in [2.75, 3.05) is 19.4 Å². The maximum Gasteiger partial charge on any atom is 0.0703 e. The molecule has 3 rings (SSSR count). The monoisotopic (exact) mass is 328 g/mol. The molecule has 1 aliphatic heterocycles. The zero-order chi connectivity index (χ0) is 15.9. The topological polar surface area (TPSA) is 25.4 Å². The third-order valence-corrected chi connectivity index (χ3v) is 4.91. The van der Waals surface area contributed by atoms with Gasteiger partial charge >= 0.3 is 0 Å². The highest BCUT2D eigenvalue weighted by molar-refractivity contribution is 7.98. The van der Waals surface area contributed by atoms with Crippen molar-refractivity contribution in [2.45, 2.75) is 36.9 Å². The first-order valence-electron chi connectivity index (χ1n) is 8.19. The predicted molar refractivity (Wildman–Crippen MR) is 95.5 cm³/mol. The van der Waals surface area contributed by atoms with Crippen LogP contribution in [0.25, 0.3) is 0 Å². The summed E-state index contributed by atoms with van der Waals surface area (Å²) < 4.78 is 5.85. The molecule has 1 saturated heterocycles. The minimum Gasteiger partial charge on any atom is -0.377 e. The lowest BCUT2D eigenvalue weighted by Gasteiger charge is -2.25. The van der Waals surface area contributed by atoms with Crippen molar-refractivity contribution >= 4 is 11.8 Å². The van der Waals surface area contributed by atoms with E-state index in [2.05, 4.69) is 52.5 Å². The molecule has 1 aromatic heterocycles. The molecule has 1 aliphatic rings. The number of thioether (sulfide) groups is 1. The van der Waals surface area contributed by atoms with E-state index in [4.69, 9.17) is 4.74 Å². The quantitative estimate of drug-likeness (QED) is 0.718. The molecule has 0 N–H and O–H groups in total. The number of aromatic nitrogens is 1. The van der Waals surface area contributed by atoms with Crippen LogP contribution in [0.15, 0.2) is 53.7 Å². The van der Waals surface area contributed by atoms with Gasteiger partial charge < -0.3 is 4.74 Å². The Bertz CT molecular complexity index is 599. The van der Waals surface area contributed by atoms with Crippen LogP contribution in [-0.4, -0.2) is 35.4 Å². The number of pyridine rings is 1. The fourth-order valence-corrected chi connectivity index (χ4v) is 3.52. The molecule has 1 fully saturated rings. The third kappa shape index (κ3) is 5.06. The van der Waals surface area contributed by atoms with Crippen molar-refractivity contribution in [1.82, 2.24) is 9.88 Å². The number of hydrogen-bond donors (Lipinski definition) is 0. The molecule has 0 unspecified atom stereocenters. The molecule has 23 heavy (non-hydrogen) atoms. The van der Waals surface area contributed by atoms with E-state index in [-0.39, 0.29) is 0 Å². The van der Waals surface area contributed by atoms with E-state index < -0.39 is 0 Å². The van der Waals surface area contributed by atoms with Crippen molar-refractivity contribution in [1.29, 1.82) is 0 Å². The molecule has 2 heterocycles. The van der Waals surface area contributed by atoms with Gasteiger partial charge in [0.1, 0.15) is 0 Å². The molecule has 0 amide bonds. The zero-order valence-corrected chi connectivity index (χ0v) is 14.5. The highest BCUT2D eigenvalue weighted by Crippen LogP contribution is 2.20. The molecule has 0 saturated carbocycles. The first kappa shape index (κ1) is 16.5. The summed E-state index contributed by atoms with van der Waals surface area (Å²) in [6.07, 6.45) is 8.61. The largest absolute Gasteiger partial charge is 0.377 e. The standard InChI is InChI=1S/C19H24N2OS/c1-23-19-6-2-4-17(12-19)14-21(15-18-5-3-11-22-18)13-16-7-9-20-10-8-16/h2,4,6-10,12,18H,3,5,11,13-15H2,1H3/t18-/m1/s1. The Morgan fingerprint density at radius 2 is 2.00 bits per heavy atom. The lowest BCUT2D eigenvalue weighted by Crippen LogP contribution is -2.31. The average molecular weight is 328 g/mol. The number of benzene rings is 1. The van der Waals surface area contributed by atoms with E-state index >= 15 is 0 Å². The maximum absolute atomic E-state index is 5.85. The van der Waals surface area contributed by atoms with Crippen molar-refractivity contribution in [3.63, 3.8) is 0 Å². The van der Waals surface area contributed by atoms with Crippen LogP contribution < -0.4 is 0 Å². The van der Waals surface area contributed by atoms with Gasteiger partial charge in [0.25, 0.3) is 0 Å². The summed E-state index contributed by atoms with van der Waals surface area (Å²) in [5.41, 5.74) is 2.67. The van der Waals surface area contributed by atoms with Gasteiger partial charge in [0.05, 0.1) is 6.10 Å². The summed E-state index contributed by atoms with van der Waals surface area (Å²) >= 11 is 1.80. The maximum atomic E-state index is 5.85. The molecule has 0 aliphatic carbocycles. The molecule has 0 radical (unpaired) electrons. The van der Waals surface area contributed by atoms with E-state index in [0.29, 0.717) is 6.10 Å². The molecule has 122 valence electrons. The second-order valence-corrected chi connectivity index (χ2v) is 6.89. The number of hydrogen-bond acceptors (Lipinski definition) is 4. The Kier molecular flexibility index (Phi) is 6.08. The van der Waals surface area contributed by atoms with Gasteiger partial charge in [0.15, 0.2) is 0 Å². The summed E-state index contributed by atoms with van der Waals surface area (Å²) in [5, 5.41) is 0. The molecular weight excluding hydrogens is 304 g/mol. The molecule has 1 aromatic carbocycles. The van der Waals surface area contributed by atoms with Crippen LogP contribution in [-0.2, 0) is 17.8 Å². The number of rotatable bonds is 7. The Balaban J connectivity index is 1.70. The summed E-state index contributed by atoms with van der Waals surface area (Å²) in [5.74, 6) is 0. The lowest BCUT2D eigenvalue weighted by atomic mass is 10.1. The van der Waals surface area contributed by atoms with Crippen LogP contribution in [0.3, 0.4) is 0 Å². The van der Waals surface area contributed by atoms with Gasteiger partial charge in [0.2, 0.25) is 0 Å². The SMILES string of the molecule is CSc1cccc(CN(Cc2ccncc2)C[C@H]2CCCO2)c1. The molecular formula is C19H24N2OS. The molecule has 1 atom stereocenters. The van der Waals surface area contributed by atoms with Gasteiger partial charge in [0, 0.05) is 43.5 Å². The minimum atomic E-state index is 0.376. The van der Waals surface area contributed by atoms with E-state index in [9.17, 15) is 0 Å². The van der Waals surface area contributed by atoms with Crippen molar-refractivity contribution in [2.24, 2.45) is 0 Å². The highest BCUT2D eigenvalue weighted by atomic mass is 32.2. The number of nitrogens with zero attached hydrogens (tertiary/aromatic N) is 2. The normalized spacial score (nSPS) is 17.7. The van der Waals surface area contributed by atoms with Crippen molar-refractivity contribution < 1.29 is 4.74 Å². The predicted octanol–water partition coefficient (Wildman–Crippen LogP) is 3.98. The van der Waals surface area contributed by atoms with E-state index in [0.717, 1.165) is 26.2 Å². The summed E-state index contributed by atoms with van der Waals surface area (Å²) in [7, 11) is 0. The smallest absolute Gasteiger partial charge is 0.0703 e. The molecule has 2 aromatic rings. The molecule has 0 bridgehead atoms. The highest BCUT2D eigenvalue weighted by Gasteiger charge is 2.19. The van der Waals surface area contributed by atoms with Gasteiger partial charge in [-0.2, -0.15) is 0 Å². The third-order valence-electron chi connectivity index (χ3n) is 4.18. The van der Waals surface area contributed by atoms with Crippen LogP contribution >= 0.6 is 11.8 Å². The first-order valence-corrected chi connectivity index (χ1v) is 9.42. The van der Waals surface area contributed by atoms with Crippen LogP contribution in [0.2, 0.25) is 0 Å². The Hall–Kier alpha value is -1.36. The van der Waals surface area contributed by atoms with Crippen LogP contribution in [0.1, 0.15) is 24.0 Å². The van der Waals surface area contributed by atoms with Gasteiger partial charge in [-0.1, -0.05) is 12.1 Å². The van der Waals surface area contributed by atoms with Crippen molar-refractivity contribution in [3.8, 4) is 0 Å². The van der Waals surface area contributed by atoms with Gasteiger partial charge in [-0.3, -0.25) is 9.88 Å². The zero-order valence-electron chi connectivity index (χ0n) is 13.6. The van der Waals surface area contributed by atoms with Crippen LogP contribution in [0.5, 0.6) is 0 Å². The molecule has 0 spiro atoms. The van der Waals surface area contributed by atoms with Gasteiger partial charge in [-0.25, -0.2) is 0 Å². The Morgan fingerprint density at radius 1 is 1.17 bits per heavy atom. The minimum absolute atomic E-state index is 0.376. The van der Waals surface area contributed by atoms with E-state index in [1.807, 2.05) is 12.4 Å². The second-order valence-electron chi connectivity index (χ2n) is 6.01. The summed E-state index contributed by atoms with van der Waals surface area (Å²) in [4.78, 5) is 7.93. The Labute approximate surface area is 143 Å². The fourth-order valence-electron chi connectivity index (χ4n) is 3.04. The lowest BCUT2D eigenvalue weighted by molar-refractivity contribution is 0.0679. The van der Waals surface area contributed by atoms with Crippen LogP contribution in [0.4, 0.5) is 0 Å². The number of ether oxygens (including phenoxy) is 1. The van der Waals surface area contributed by atoms with Crippen molar-refractivity contribution in [3.05, 3.63) is 59.9 Å². The molecule has 4 heteroatoms. The first-order chi connectivity index (χ1) is 11.3.